The second-order valence-corrected chi connectivity index (χ2v) is 6.12. The van der Waals surface area contributed by atoms with Crippen LogP contribution < -0.4 is 0 Å². The molecule has 0 atom stereocenters. The minimum atomic E-state index is 0.0296. The third-order valence-corrected chi connectivity index (χ3v) is 4.42. The molecule has 1 saturated carbocycles. The van der Waals surface area contributed by atoms with Gasteiger partial charge in [-0.1, -0.05) is 19.3 Å². The molecule has 1 aliphatic carbocycles. The molecule has 1 N–H and O–H groups in total. The van der Waals surface area contributed by atoms with Crippen LogP contribution in [0.5, 0.6) is 0 Å². The van der Waals surface area contributed by atoms with Crippen LogP contribution in [0.25, 0.3) is 0 Å². The van der Waals surface area contributed by atoms with Gasteiger partial charge in [-0.05, 0) is 18.8 Å². The van der Waals surface area contributed by atoms with Crippen LogP contribution in [0.1, 0.15) is 48.4 Å². The minimum Gasteiger partial charge on any atom is -0.347 e. The number of nitrogens with zero attached hydrogens (tertiary/aromatic N) is 4. The van der Waals surface area contributed by atoms with Crippen LogP contribution in [0.4, 0.5) is 0 Å². The second kappa shape index (κ2) is 6.77. The molecule has 3 rings (SSSR count). The molecule has 1 fully saturated rings. The lowest BCUT2D eigenvalue weighted by Crippen LogP contribution is -2.36. The molecular formula is C16H23N5O. The topological polar surface area (TPSA) is 66.8 Å². The van der Waals surface area contributed by atoms with Gasteiger partial charge in [-0.2, -0.15) is 0 Å². The fourth-order valence-electron chi connectivity index (χ4n) is 3.19. The molecule has 0 spiro atoms. The van der Waals surface area contributed by atoms with E-state index < -0.39 is 0 Å². The fraction of sp³-hybridized carbons (Fsp3) is 0.562. The predicted molar refractivity (Wildman–Crippen MR) is 83.1 cm³/mol. The van der Waals surface area contributed by atoms with Gasteiger partial charge in [0.1, 0.15) is 11.5 Å². The summed E-state index contributed by atoms with van der Waals surface area (Å²) in [6, 6.07) is 0. The Hall–Kier alpha value is -2.11. The number of aryl methyl sites for hydroxylation is 1. The van der Waals surface area contributed by atoms with Crippen molar-refractivity contribution in [1.29, 1.82) is 0 Å². The van der Waals surface area contributed by atoms with Crippen molar-refractivity contribution in [2.75, 3.05) is 6.54 Å². The van der Waals surface area contributed by atoms with E-state index in [1.165, 1.54) is 32.1 Å². The predicted octanol–water partition coefficient (Wildman–Crippen LogP) is 2.37. The molecule has 118 valence electrons. The number of hydrogen-bond acceptors (Lipinski definition) is 3. The quantitative estimate of drug-likeness (QED) is 0.922. The van der Waals surface area contributed by atoms with E-state index in [4.69, 9.17) is 0 Å². The summed E-state index contributed by atoms with van der Waals surface area (Å²) in [6.45, 7) is 1.32. The highest BCUT2D eigenvalue weighted by Gasteiger charge is 2.24. The fourth-order valence-corrected chi connectivity index (χ4v) is 3.19. The van der Waals surface area contributed by atoms with Crippen LogP contribution in [0.2, 0.25) is 0 Å². The van der Waals surface area contributed by atoms with Gasteiger partial charge in [0.25, 0.3) is 5.91 Å². The third kappa shape index (κ3) is 3.37. The zero-order valence-corrected chi connectivity index (χ0v) is 13.0. The maximum atomic E-state index is 12.9. The summed E-state index contributed by atoms with van der Waals surface area (Å²) in [5.41, 5.74) is 0.627. The molecule has 2 heterocycles. The van der Waals surface area contributed by atoms with Crippen LogP contribution in [-0.2, 0) is 13.6 Å². The van der Waals surface area contributed by atoms with E-state index in [1.807, 2.05) is 11.9 Å². The van der Waals surface area contributed by atoms with Gasteiger partial charge in [0.15, 0.2) is 0 Å². The Bertz CT molecular complexity index is 598. The average molecular weight is 301 g/mol. The van der Waals surface area contributed by atoms with Crippen LogP contribution >= 0.6 is 0 Å². The monoisotopic (exact) mass is 301 g/mol. The normalized spacial score (nSPS) is 15.9. The summed E-state index contributed by atoms with van der Waals surface area (Å²) < 4.78 is 1.78. The lowest BCUT2D eigenvalue weighted by molar-refractivity contribution is 0.0684. The zero-order valence-electron chi connectivity index (χ0n) is 13.0. The largest absolute Gasteiger partial charge is 0.347 e. The van der Waals surface area contributed by atoms with Crippen LogP contribution in [0, 0.1) is 5.92 Å². The maximum Gasteiger partial charge on any atom is 0.272 e. The van der Waals surface area contributed by atoms with Crippen molar-refractivity contribution in [3.8, 4) is 0 Å². The molecule has 0 aliphatic heterocycles. The number of aromatic amines is 1. The molecule has 2 aromatic heterocycles. The van der Waals surface area contributed by atoms with Crippen LogP contribution in [0.15, 0.2) is 24.9 Å². The summed E-state index contributed by atoms with van der Waals surface area (Å²) >= 11 is 0. The third-order valence-electron chi connectivity index (χ3n) is 4.42. The number of aromatic nitrogens is 4. The van der Waals surface area contributed by atoms with Gasteiger partial charge >= 0.3 is 0 Å². The molecule has 0 bridgehead atoms. The Morgan fingerprint density at radius 1 is 1.41 bits per heavy atom. The molecule has 6 nitrogen and oxygen atoms in total. The molecule has 2 aromatic rings. The number of carbonyl (C=O) groups excluding carboxylic acids is 1. The lowest BCUT2D eigenvalue weighted by Gasteiger charge is -2.29. The highest BCUT2D eigenvalue weighted by Crippen LogP contribution is 2.25. The number of rotatable bonds is 5. The van der Waals surface area contributed by atoms with Crippen LogP contribution in [0.3, 0.4) is 0 Å². The molecule has 0 aromatic carbocycles. The highest BCUT2D eigenvalue weighted by atomic mass is 16.2. The molecule has 0 saturated heterocycles. The smallest absolute Gasteiger partial charge is 0.272 e. The number of amides is 1. The van der Waals surface area contributed by atoms with Crippen molar-refractivity contribution in [2.45, 2.75) is 38.6 Å². The SMILES string of the molecule is Cn1cncc1C(=O)N(Cc1ncc[nH]1)CC1CCCCC1. The second-order valence-electron chi connectivity index (χ2n) is 6.12. The Morgan fingerprint density at radius 3 is 2.86 bits per heavy atom. The Kier molecular flexibility index (Phi) is 4.56. The Morgan fingerprint density at radius 2 is 2.23 bits per heavy atom. The summed E-state index contributed by atoms with van der Waals surface area (Å²) in [5.74, 6) is 1.45. The first kappa shape index (κ1) is 14.8. The van der Waals surface area contributed by atoms with E-state index >= 15 is 0 Å². The summed E-state index contributed by atoms with van der Waals surface area (Å²) in [4.78, 5) is 26.2. The van der Waals surface area contributed by atoms with E-state index in [0.29, 0.717) is 18.2 Å². The van der Waals surface area contributed by atoms with E-state index in [0.717, 1.165) is 12.4 Å². The molecule has 0 unspecified atom stereocenters. The molecule has 6 heteroatoms. The first-order valence-electron chi connectivity index (χ1n) is 7.98. The number of carbonyl (C=O) groups is 1. The number of imidazole rings is 2. The molecule has 22 heavy (non-hydrogen) atoms. The number of H-pyrrole nitrogens is 1. The number of nitrogens with one attached hydrogen (secondary N) is 1. The van der Waals surface area contributed by atoms with Gasteiger partial charge in [-0.3, -0.25) is 4.79 Å². The van der Waals surface area contributed by atoms with E-state index in [-0.39, 0.29) is 5.91 Å². The summed E-state index contributed by atoms with van der Waals surface area (Å²) in [5, 5.41) is 0. The van der Waals surface area contributed by atoms with Gasteiger partial charge in [0, 0.05) is 26.0 Å². The molecule has 1 aliphatic rings. The van der Waals surface area contributed by atoms with Gasteiger partial charge in [-0.15, -0.1) is 0 Å². The zero-order chi connectivity index (χ0) is 15.4. The first-order chi connectivity index (χ1) is 10.7. The van der Waals surface area contributed by atoms with Crippen molar-refractivity contribution in [1.82, 2.24) is 24.4 Å². The van der Waals surface area contributed by atoms with E-state index in [9.17, 15) is 4.79 Å². The van der Waals surface area contributed by atoms with Crippen molar-refractivity contribution < 1.29 is 4.79 Å². The van der Waals surface area contributed by atoms with E-state index in [2.05, 4.69) is 15.0 Å². The van der Waals surface area contributed by atoms with Crippen LogP contribution in [-0.4, -0.2) is 36.9 Å². The van der Waals surface area contributed by atoms with E-state index in [1.54, 1.807) is 29.5 Å². The molecule has 0 radical (unpaired) electrons. The minimum absolute atomic E-state index is 0.0296. The number of hydrogen-bond donors (Lipinski definition) is 1. The van der Waals surface area contributed by atoms with Crippen molar-refractivity contribution in [3.63, 3.8) is 0 Å². The van der Waals surface area contributed by atoms with Gasteiger partial charge in [0.2, 0.25) is 0 Å². The lowest BCUT2D eigenvalue weighted by atomic mass is 9.89. The van der Waals surface area contributed by atoms with Crippen molar-refractivity contribution in [3.05, 3.63) is 36.4 Å². The highest BCUT2D eigenvalue weighted by molar-refractivity contribution is 5.92. The van der Waals surface area contributed by atoms with Crippen molar-refractivity contribution in [2.24, 2.45) is 13.0 Å². The van der Waals surface area contributed by atoms with Crippen molar-refractivity contribution >= 4 is 5.91 Å². The van der Waals surface area contributed by atoms with Gasteiger partial charge < -0.3 is 14.5 Å². The molecule has 1 amide bonds. The summed E-state index contributed by atoms with van der Waals surface area (Å²) in [7, 11) is 1.85. The molecular weight excluding hydrogens is 278 g/mol. The average Bonchev–Trinajstić information content (AvgIpc) is 3.18. The van der Waals surface area contributed by atoms with Gasteiger partial charge in [-0.25, -0.2) is 9.97 Å². The Labute approximate surface area is 130 Å². The summed E-state index contributed by atoms with van der Waals surface area (Å²) in [6.07, 6.45) is 13.1. The first-order valence-corrected chi connectivity index (χ1v) is 7.98. The standard InChI is InChI=1S/C16H23N5O/c1-20-12-17-9-14(20)16(22)21(11-15-18-7-8-19-15)10-13-5-3-2-4-6-13/h7-9,12-13H,2-6,10-11H2,1H3,(H,18,19). The maximum absolute atomic E-state index is 12.9. The Balaban J connectivity index is 1.75. The van der Waals surface area contributed by atoms with Gasteiger partial charge in [0.05, 0.1) is 19.1 Å².